The number of hydrogen-bond donors (Lipinski definition) is 4. The highest BCUT2D eigenvalue weighted by molar-refractivity contribution is 7.80. The van der Waals surface area contributed by atoms with Crippen LogP contribution in [0.2, 0.25) is 0 Å². The molecule has 0 aliphatic rings. The average molecular weight is 224 g/mol. The third kappa shape index (κ3) is 14.3. The number of carbonyl (C=O) groups is 1. The van der Waals surface area contributed by atoms with E-state index in [9.17, 15) is 4.79 Å². The summed E-state index contributed by atoms with van der Waals surface area (Å²) in [6, 6.07) is 0. The number of thiol groups is 1. The number of carboxylic acids is 1. The van der Waals surface area contributed by atoms with Crippen LogP contribution in [0.3, 0.4) is 0 Å². The monoisotopic (exact) mass is 224 g/mol. The first-order valence-corrected chi connectivity index (χ1v) is 5.18. The Morgan fingerprint density at radius 3 is 2.07 bits per heavy atom. The lowest BCUT2D eigenvalue weighted by Gasteiger charge is -2.17. The van der Waals surface area contributed by atoms with Crippen LogP contribution in [0.25, 0.3) is 0 Å². The summed E-state index contributed by atoms with van der Waals surface area (Å²) in [4.78, 5) is 9.60. The maximum Gasteiger partial charge on any atom is 0.303 e. The molecule has 0 fully saturated rings. The maximum atomic E-state index is 9.60. The number of aliphatic carboxylic acids is 1. The molecule has 86 valence electrons. The molecule has 0 aliphatic carbocycles. The first kappa shape index (κ1) is 16.2. The van der Waals surface area contributed by atoms with Crippen LogP contribution in [0.1, 0.15) is 33.1 Å². The summed E-state index contributed by atoms with van der Waals surface area (Å²) in [6.07, 6.45) is 1.56. The van der Waals surface area contributed by atoms with Gasteiger partial charge in [0, 0.05) is 6.42 Å². The van der Waals surface area contributed by atoms with E-state index in [1.165, 1.54) is 0 Å². The van der Waals surface area contributed by atoms with E-state index < -0.39 is 11.6 Å². The third-order valence-corrected chi connectivity index (χ3v) is 1.68. The van der Waals surface area contributed by atoms with Gasteiger partial charge >= 0.3 is 5.97 Å². The highest BCUT2D eigenvalue weighted by Crippen LogP contribution is 2.07. The fourth-order valence-corrected chi connectivity index (χ4v) is 1.02. The zero-order valence-corrected chi connectivity index (χ0v) is 9.63. The third-order valence-electron chi connectivity index (χ3n) is 1.45. The molecule has 0 heterocycles. The van der Waals surface area contributed by atoms with Crippen LogP contribution >= 0.6 is 12.6 Å². The first-order valence-electron chi connectivity index (χ1n) is 4.55. The molecule has 0 aromatic rings. The summed E-state index contributed by atoms with van der Waals surface area (Å²) in [5.74, 6) is -0.106. The molecular weight excluding hydrogens is 204 g/mol. The molecule has 4 nitrogen and oxygen atoms in total. The highest BCUT2D eigenvalue weighted by atomic mass is 32.1. The van der Waals surface area contributed by atoms with Crippen molar-refractivity contribution in [3.05, 3.63) is 0 Å². The van der Waals surface area contributed by atoms with Crippen molar-refractivity contribution in [3.8, 4) is 0 Å². The van der Waals surface area contributed by atoms with Gasteiger partial charge in [-0.15, -0.1) is 0 Å². The van der Waals surface area contributed by atoms with Gasteiger partial charge in [0.2, 0.25) is 0 Å². The molecule has 1 unspecified atom stereocenters. The minimum atomic E-state index is -0.929. The van der Waals surface area contributed by atoms with Crippen molar-refractivity contribution in [1.29, 1.82) is 0 Å². The van der Waals surface area contributed by atoms with Crippen LogP contribution in [0.15, 0.2) is 0 Å². The van der Waals surface area contributed by atoms with E-state index >= 15 is 0 Å². The Kier molecular flexibility index (Phi) is 10.7. The molecule has 0 aromatic carbocycles. The molecule has 3 N–H and O–H groups in total. The number of carboxylic acid groups (broad SMARTS) is 1. The van der Waals surface area contributed by atoms with Crippen LogP contribution in [-0.4, -0.2) is 39.2 Å². The number of hydrogen-bond acceptors (Lipinski definition) is 4. The van der Waals surface area contributed by atoms with Gasteiger partial charge in [-0.25, -0.2) is 0 Å². The van der Waals surface area contributed by atoms with Crippen LogP contribution < -0.4 is 0 Å². The molecule has 0 spiro atoms. The maximum absolute atomic E-state index is 9.60. The van der Waals surface area contributed by atoms with E-state index in [4.69, 9.17) is 15.3 Å². The molecule has 0 saturated carbocycles. The Bertz CT molecular complexity index is 148. The molecule has 0 radical (unpaired) electrons. The topological polar surface area (TPSA) is 77.8 Å². The molecule has 14 heavy (non-hydrogen) atoms. The van der Waals surface area contributed by atoms with Gasteiger partial charge in [-0.2, -0.15) is 12.6 Å². The van der Waals surface area contributed by atoms with Gasteiger partial charge in [0.25, 0.3) is 0 Å². The minimum Gasteiger partial charge on any atom is -0.481 e. The Labute approximate surface area is 90.4 Å². The SMILES string of the molecule is CC(O)(CO)CCS.CCCC(=O)O. The van der Waals surface area contributed by atoms with Crippen molar-refractivity contribution in [2.24, 2.45) is 0 Å². The summed E-state index contributed by atoms with van der Waals surface area (Å²) in [5.41, 5.74) is -0.929. The Morgan fingerprint density at radius 2 is 2.00 bits per heavy atom. The van der Waals surface area contributed by atoms with Crippen LogP contribution in [-0.2, 0) is 4.79 Å². The normalized spacial score (nSPS) is 13.8. The lowest BCUT2D eigenvalue weighted by Crippen LogP contribution is -2.29. The number of aliphatic hydroxyl groups excluding tert-OH is 1. The van der Waals surface area contributed by atoms with E-state index in [2.05, 4.69) is 12.6 Å². The molecule has 0 bridgehead atoms. The molecule has 5 heteroatoms. The lowest BCUT2D eigenvalue weighted by molar-refractivity contribution is -0.137. The second-order valence-electron chi connectivity index (χ2n) is 3.27. The summed E-state index contributed by atoms with van der Waals surface area (Å²) in [6.45, 7) is 3.24. The summed E-state index contributed by atoms with van der Waals surface area (Å²) >= 11 is 3.90. The quantitative estimate of drug-likeness (QED) is 0.524. The van der Waals surface area contributed by atoms with E-state index in [0.29, 0.717) is 18.6 Å². The van der Waals surface area contributed by atoms with E-state index in [1.807, 2.05) is 6.92 Å². The standard InChI is InChI=1S/C5H12O2S.C4H8O2/c1-5(7,4-6)2-3-8;1-2-3-4(5)6/h6-8H,2-4H2,1H3;2-3H2,1H3,(H,5,6). The molecule has 0 rings (SSSR count). The Morgan fingerprint density at radius 1 is 1.50 bits per heavy atom. The van der Waals surface area contributed by atoms with Gasteiger partial charge in [0.05, 0.1) is 12.2 Å². The smallest absolute Gasteiger partial charge is 0.303 e. The molecular formula is C9H20O4S. The van der Waals surface area contributed by atoms with E-state index in [-0.39, 0.29) is 6.61 Å². The minimum absolute atomic E-state index is 0.187. The molecule has 0 aliphatic heterocycles. The van der Waals surface area contributed by atoms with Crippen LogP contribution in [0, 0.1) is 0 Å². The van der Waals surface area contributed by atoms with Crippen LogP contribution in [0.4, 0.5) is 0 Å². The molecule has 0 amide bonds. The van der Waals surface area contributed by atoms with Gasteiger partial charge in [-0.05, 0) is 25.5 Å². The zero-order chi connectivity index (χ0) is 11.6. The fourth-order valence-electron chi connectivity index (χ4n) is 0.534. The van der Waals surface area contributed by atoms with Gasteiger partial charge in [-0.3, -0.25) is 4.79 Å². The Balaban J connectivity index is 0. The van der Waals surface area contributed by atoms with Crippen LogP contribution in [0.5, 0.6) is 0 Å². The van der Waals surface area contributed by atoms with Crippen molar-refractivity contribution in [1.82, 2.24) is 0 Å². The van der Waals surface area contributed by atoms with E-state index in [1.54, 1.807) is 6.92 Å². The molecule has 0 saturated heterocycles. The Hall–Kier alpha value is -0.260. The fraction of sp³-hybridized carbons (Fsp3) is 0.889. The van der Waals surface area contributed by atoms with Gasteiger partial charge < -0.3 is 15.3 Å². The van der Waals surface area contributed by atoms with Crippen molar-refractivity contribution < 1.29 is 20.1 Å². The lowest BCUT2D eigenvalue weighted by atomic mass is 10.1. The molecule has 1 atom stereocenters. The van der Waals surface area contributed by atoms with Gasteiger partial charge in [0.1, 0.15) is 0 Å². The summed E-state index contributed by atoms with van der Waals surface area (Å²) < 4.78 is 0. The predicted octanol–water partition coefficient (Wildman–Crippen LogP) is 0.921. The van der Waals surface area contributed by atoms with Crippen molar-refractivity contribution >= 4 is 18.6 Å². The van der Waals surface area contributed by atoms with Crippen molar-refractivity contribution in [2.75, 3.05) is 12.4 Å². The number of aliphatic hydroxyl groups is 2. The second kappa shape index (κ2) is 9.30. The van der Waals surface area contributed by atoms with Gasteiger partial charge in [-0.1, -0.05) is 6.92 Å². The predicted molar refractivity (Wildman–Crippen MR) is 58.7 cm³/mol. The van der Waals surface area contributed by atoms with E-state index in [0.717, 1.165) is 6.42 Å². The van der Waals surface area contributed by atoms with Crippen molar-refractivity contribution in [2.45, 2.75) is 38.7 Å². The molecule has 0 aromatic heterocycles. The van der Waals surface area contributed by atoms with Crippen molar-refractivity contribution in [3.63, 3.8) is 0 Å². The second-order valence-corrected chi connectivity index (χ2v) is 3.72. The van der Waals surface area contributed by atoms with Gasteiger partial charge in [0.15, 0.2) is 0 Å². The largest absolute Gasteiger partial charge is 0.481 e. The average Bonchev–Trinajstić information content (AvgIpc) is 2.05. The highest BCUT2D eigenvalue weighted by Gasteiger charge is 2.16. The zero-order valence-electron chi connectivity index (χ0n) is 8.73. The number of rotatable bonds is 5. The first-order chi connectivity index (χ1) is 6.39. The summed E-state index contributed by atoms with van der Waals surface area (Å²) in [7, 11) is 0. The summed E-state index contributed by atoms with van der Waals surface area (Å²) in [5, 5.41) is 25.4.